The second kappa shape index (κ2) is 4.72. The van der Waals surface area contributed by atoms with Gasteiger partial charge in [0.1, 0.15) is 5.60 Å². The number of carbonyl (C=O) groups is 1. The summed E-state index contributed by atoms with van der Waals surface area (Å²) in [7, 11) is 0. The minimum absolute atomic E-state index is 0.157. The topological polar surface area (TPSA) is 41.6 Å². The van der Waals surface area contributed by atoms with Crippen LogP contribution < -0.4 is 5.32 Å². The summed E-state index contributed by atoms with van der Waals surface area (Å²) in [4.78, 5) is 13.9. The summed E-state index contributed by atoms with van der Waals surface area (Å²) in [5, 5.41) is 3.46. The third kappa shape index (κ3) is 2.79. The van der Waals surface area contributed by atoms with Crippen molar-refractivity contribution in [2.45, 2.75) is 46.1 Å². The Labute approximate surface area is 110 Å². The van der Waals surface area contributed by atoms with Crippen molar-refractivity contribution >= 4 is 6.09 Å². The molecule has 4 heteroatoms. The van der Waals surface area contributed by atoms with E-state index in [1.54, 1.807) is 0 Å². The average Bonchev–Trinajstić information content (AvgIpc) is 2.69. The Morgan fingerprint density at radius 1 is 1.39 bits per heavy atom. The molecule has 0 aromatic heterocycles. The van der Waals surface area contributed by atoms with Gasteiger partial charge in [0.15, 0.2) is 0 Å². The fourth-order valence-electron chi connectivity index (χ4n) is 3.11. The lowest BCUT2D eigenvalue weighted by Crippen LogP contribution is -2.50. The molecular weight excluding hydrogens is 228 g/mol. The largest absolute Gasteiger partial charge is 0.444 e. The Bertz CT molecular complexity index is 316. The molecule has 2 atom stereocenters. The van der Waals surface area contributed by atoms with Gasteiger partial charge >= 0.3 is 6.09 Å². The maximum absolute atomic E-state index is 12.1. The van der Waals surface area contributed by atoms with Crippen LogP contribution in [0.2, 0.25) is 0 Å². The molecule has 1 spiro atoms. The molecule has 0 aromatic carbocycles. The highest BCUT2D eigenvalue weighted by Gasteiger charge is 2.44. The molecule has 2 fully saturated rings. The van der Waals surface area contributed by atoms with Crippen molar-refractivity contribution in [2.75, 3.05) is 26.2 Å². The zero-order valence-electron chi connectivity index (χ0n) is 12.1. The van der Waals surface area contributed by atoms with E-state index in [9.17, 15) is 4.79 Å². The lowest BCUT2D eigenvalue weighted by molar-refractivity contribution is -0.00160. The molecule has 0 aliphatic carbocycles. The summed E-state index contributed by atoms with van der Waals surface area (Å²) >= 11 is 0. The fourth-order valence-corrected chi connectivity index (χ4v) is 3.11. The van der Waals surface area contributed by atoms with Crippen molar-refractivity contribution in [1.29, 1.82) is 0 Å². The van der Waals surface area contributed by atoms with E-state index in [1.807, 2.05) is 25.7 Å². The number of amides is 1. The highest BCUT2D eigenvalue weighted by atomic mass is 16.6. The second-order valence-electron chi connectivity index (χ2n) is 6.87. The molecule has 0 bridgehead atoms. The van der Waals surface area contributed by atoms with Gasteiger partial charge in [0, 0.05) is 19.6 Å². The van der Waals surface area contributed by atoms with Crippen LogP contribution in [0.3, 0.4) is 0 Å². The fraction of sp³-hybridized carbons (Fsp3) is 0.929. The first-order valence-electron chi connectivity index (χ1n) is 7.01. The molecule has 2 rings (SSSR count). The summed E-state index contributed by atoms with van der Waals surface area (Å²) in [5.41, 5.74) is 0.0167. The number of hydrogen-bond donors (Lipinski definition) is 1. The SMILES string of the molecule is CC1CN(C(=O)OC(C)(C)C)CCC12CCNC2. The Morgan fingerprint density at radius 2 is 2.11 bits per heavy atom. The first-order valence-corrected chi connectivity index (χ1v) is 7.01. The zero-order valence-corrected chi connectivity index (χ0v) is 12.1. The van der Waals surface area contributed by atoms with Crippen LogP contribution in [0.25, 0.3) is 0 Å². The third-order valence-electron chi connectivity index (χ3n) is 4.35. The monoisotopic (exact) mass is 254 g/mol. The van der Waals surface area contributed by atoms with Gasteiger partial charge < -0.3 is 15.0 Å². The number of ether oxygens (including phenoxy) is 1. The van der Waals surface area contributed by atoms with Gasteiger partial charge in [-0.2, -0.15) is 0 Å². The molecule has 2 aliphatic heterocycles. The smallest absolute Gasteiger partial charge is 0.410 e. The molecule has 1 amide bonds. The molecule has 104 valence electrons. The minimum atomic E-state index is -0.398. The van der Waals surface area contributed by atoms with Gasteiger partial charge in [0.2, 0.25) is 0 Å². The van der Waals surface area contributed by atoms with E-state index in [0.717, 1.165) is 32.6 Å². The summed E-state index contributed by atoms with van der Waals surface area (Å²) in [6.07, 6.45) is 2.19. The van der Waals surface area contributed by atoms with Crippen molar-refractivity contribution in [3.63, 3.8) is 0 Å². The standard InChI is InChI=1S/C14H26N2O2/c1-11-9-16(12(17)18-13(2,3)4)8-6-14(11)5-7-15-10-14/h11,15H,5-10H2,1-4H3. The molecule has 2 saturated heterocycles. The van der Waals surface area contributed by atoms with E-state index in [0.29, 0.717) is 11.3 Å². The molecule has 18 heavy (non-hydrogen) atoms. The van der Waals surface area contributed by atoms with Crippen LogP contribution in [0.15, 0.2) is 0 Å². The summed E-state index contributed by atoms with van der Waals surface area (Å²) < 4.78 is 5.45. The van der Waals surface area contributed by atoms with Crippen LogP contribution in [0.1, 0.15) is 40.5 Å². The second-order valence-corrected chi connectivity index (χ2v) is 6.87. The van der Waals surface area contributed by atoms with Crippen molar-refractivity contribution in [2.24, 2.45) is 11.3 Å². The van der Waals surface area contributed by atoms with Crippen LogP contribution >= 0.6 is 0 Å². The van der Waals surface area contributed by atoms with Crippen LogP contribution in [0.4, 0.5) is 4.79 Å². The first kappa shape index (κ1) is 13.7. The van der Waals surface area contributed by atoms with Crippen LogP contribution in [-0.2, 0) is 4.74 Å². The van der Waals surface area contributed by atoms with Gasteiger partial charge in [0.25, 0.3) is 0 Å². The van der Waals surface area contributed by atoms with Crippen LogP contribution in [-0.4, -0.2) is 42.8 Å². The summed E-state index contributed by atoms with van der Waals surface area (Å²) in [6, 6.07) is 0. The van der Waals surface area contributed by atoms with E-state index in [4.69, 9.17) is 4.74 Å². The van der Waals surface area contributed by atoms with Gasteiger partial charge in [-0.3, -0.25) is 0 Å². The number of nitrogens with one attached hydrogen (secondary N) is 1. The van der Waals surface area contributed by atoms with Gasteiger partial charge in [-0.25, -0.2) is 4.79 Å². The summed E-state index contributed by atoms with van der Waals surface area (Å²) in [6.45, 7) is 11.9. The Morgan fingerprint density at radius 3 is 2.61 bits per heavy atom. The van der Waals surface area contributed by atoms with Crippen molar-refractivity contribution in [1.82, 2.24) is 10.2 Å². The Balaban J connectivity index is 1.94. The molecule has 0 saturated carbocycles. The van der Waals surface area contributed by atoms with Gasteiger partial charge in [-0.05, 0) is 51.5 Å². The number of likely N-dealkylation sites (tertiary alicyclic amines) is 1. The number of rotatable bonds is 0. The maximum Gasteiger partial charge on any atom is 0.410 e. The minimum Gasteiger partial charge on any atom is -0.444 e. The van der Waals surface area contributed by atoms with Crippen molar-refractivity contribution in [3.8, 4) is 0 Å². The van der Waals surface area contributed by atoms with E-state index in [2.05, 4.69) is 12.2 Å². The van der Waals surface area contributed by atoms with E-state index in [-0.39, 0.29) is 6.09 Å². The van der Waals surface area contributed by atoms with Gasteiger partial charge in [0.05, 0.1) is 0 Å². The number of piperidine rings is 1. The highest BCUT2D eigenvalue weighted by molar-refractivity contribution is 5.68. The first-order chi connectivity index (χ1) is 8.32. The predicted octanol–water partition coefficient (Wildman–Crippen LogP) is 2.24. The van der Waals surface area contributed by atoms with Crippen molar-refractivity contribution in [3.05, 3.63) is 0 Å². The molecule has 2 aliphatic rings. The lowest BCUT2D eigenvalue weighted by atomic mass is 9.70. The molecular formula is C14H26N2O2. The van der Waals surface area contributed by atoms with E-state index in [1.165, 1.54) is 6.42 Å². The number of nitrogens with zero attached hydrogens (tertiary/aromatic N) is 1. The molecule has 0 aromatic rings. The predicted molar refractivity (Wildman–Crippen MR) is 71.5 cm³/mol. The molecule has 2 unspecified atom stereocenters. The van der Waals surface area contributed by atoms with Crippen molar-refractivity contribution < 1.29 is 9.53 Å². The van der Waals surface area contributed by atoms with E-state index >= 15 is 0 Å². The Kier molecular flexibility index (Phi) is 3.58. The molecule has 0 radical (unpaired) electrons. The molecule has 4 nitrogen and oxygen atoms in total. The van der Waals surface area contributed by atoms with Gasteiger partial charge in [-0.15, -0.1) is 0 Å². The van der Waals surface area contributed by atoms with Crippen LogP contribution in [0, 0.1) is 11.3 Å². The van der Waals surface area contributed by atoms with E-state index < -0.39 is 5.60 Å². The van der Waals surface area contributed by atoms with Gasteiger partial charge in [-0.1, -0.05) is 6.92 Å². The molecule has 2 heterocycles. The molecule has 1 N–H and O–H groups in total. The normalized spacial score (nSPS) is 32.9. The zero-order chi connectivity index (χ0) is 13.4. The quantitative estimate of drug-likeness (QED) is 0.721. The average molecular weight is 254 g/mol. The van der Waals surface area contributed by atoms with Crippen LogP contribution in [0.5, 0.6) is 0 Å². The Hall–Kier alpha value is -0.770. The summed E-state index contributed by atoms with van der Waals surface area (Å²) in [5.74, 6) is 0.550. The number of hydrogen-bond acceptors (Lipinski definition) is 3. The number of carbonyl (C=O) groups excluding carboxylic acids is 1. The maximum atomic E-state index is 12.1. The third-order valence-corrected chi connectivity index (χ3v) is 4.35. The highest BCUT2D eigenvalue weighted by Crippen LogP contribution is 2.41. The lowest BCUT2D eigenvalue weighted by Gasteiger charge is -2.44.